The van der Waals surface area contributed by atoms with Crippen LogP contribution < -0.4 is 10.6 Å². The summed E-state index contributed by atoms with van der Waals surface area (Å²) < 4.78 is 6.62. The summed E-state index contributed by atoms with van der Waals surface area (Å²) in [6.45, 7) is 1.69. The van der Waals surface area contributed by atoms with Gasteiger partial charge in [-0.15, -0.1) is 0 Å². The Balaban J connectivity index is 2.16. The number of nitrogens with one attached hydrogen (secondary N) is 1. The van der Waals surface area contributed by atoms with Gasteiger partial charge in [0.1, 0.15) is 5.84 Å². The molecule has 19 heavy (non-hydrogen) atoms. The predicted molar refractivity (Wildman–Crippen MR) is 82.0 cm³/mol. The summed E-state index contributed by atoms with van der Waals surface area (Å²) in [5.74, 6) is 0.0823. The van der Waals surface area contributed by atoms with Gasteiger partial charge in [-0.05, 0) is 47.3 Å². The number of nitrogens with two attached hydrogens (primary N) is 1. The number of halogens is 1. The fourth-order valence-corrected chi connectivity index (χ4v) is 3.02. The SMILES string of the molecule is CN(CC1CCCCO1)c1cccc(Br)c1C(=N)N. The van der Waals surface area contributed by atoms with Crippen LogP contribution in [-0.4, -0.2) is 32.1 Å². The molecule has 4 nitrogen and oxygen atoms in total. The Morgan fingerprint density at radius 2 is 2.32 bits per heavy atom. The molecule has 1 aromatic carbocycles. The number of amidine groups is 1. The van der Waals surface area contributed by atoms with Crippen LogP contribution in [0.5, 0.6) is 0 Å². The molecule has 0 amide bonds. The molecule has 1 aromatic rings. The lowest BCUT2D eigenvalue weighted by atomic mass is 10.1. The summed E-state index contributed by atoms with van der Waals surface area (Å²) >= 11 is 3.46. The molecule has 1 fully saturated rings. The van der Waals surface area contributed by atoms with Crippen LogP contribution in [0.3, 0.4) is 0 Å². The zero-order chi connectivity index (χ0) is 13.8. The molecule has 0 aromatic heterocycles. The van der Waals surface area contributed by atoms with E-state index in [1.165, 1.54) is 6.42 Å². The second kappa shape index (κ2) is 6.39. The van der Waals surface area contributed by atoms with Crippen molar-refractivity contribution in [3.05, 3.63) is 28.2 Å². The van der Waals surface area contributed by atoms with E-state index in [4.69, 9.17) is 15.9 Å². The number of anilines is 1. The Kier molecular flexibility index (Phi) is 4.82. The number of ether oxygens (including phenoxy) is 1. The highest BCUT2D eigenvalue weighted by molar-refractivity contribution is 9.10. The smallest absolute Gasteiger partial charge is 0.126 e. The molecule has 0 aliphatic carbocycles. The van der Waals surface area contributed by atoms with Crippen LogP contribution in [-0.2, 0) is 4.74 Å². The van der Waals surface area contributed by atoms with Gasteiger partial charge in [0, 0.05) is 30.4 Å². The third-order valence-corrected chi connectivity index (χ3v) is 4.08. The topological polar surface area (TPSA) is 62.3 Å². The molecule has 1 aliphatic heterocycles. The minimum Gasteiger partial charge on any atom is -0.384 e. The number of likely N-dealkylation sites (N-methyl/N-ethyl adjacent to an activating group) is 1. The maximum Gasteiger partial charge on any atom is 0.126 e. The lowest BCUT2D eigenvalue weighted by molar-refractivity contribution is 0.0216. The van der Waals surface area contributed by atoms with E-state index in [-0.39, 0.29) is 11.9 Å². The number of rotatable bonds is 4. The first kappa shape index (κ1) is 14.3. The second-order valence-corrected chi connectivity index (χ2v) is 5.77. The first-order valence-electron chi connectivity index (χ1n) is 6.55. The van der Waals surface area contributed by atoms with Gasteiger partial charge in [0.25, 0.3) is 0 Å². The van der Waals surface area contributed by atoms with Crippen molar-refractivity contribution in [1.82, 2.24) is 0 Å². The van der Waals surface area contributed by atoms with Crippen molar-refractivity contribution < 1.29 is 4.74 Å². The number of nitrogen functional groups attached to an aromatic ring is 1. The van der Waals surface area contributed by atoms with Gasteiger partial charge >= 0.3 is 0 Å². The molecule has 0 bridgehead atoms. The van der Waals surface area contributed by atoms with Crippen molar-refractivity contribution in [3.63, 3.8) is 0 Å². The summed E-state index contributed by atoms with van der Waals surface area (Å²) in [6.07, 6.45) is 3.78. The largest absolute Gasteiger partial charge is 0.384 e. The highest BCUT2D eigenvalue weighted by Gasteiger charge is 2.19. The van der Waals surface area contributed by atoms with Crippen molar-refractivity contribution in [3.8, 4) is 0 Å². The Hall–Kier alpha value is -1.07. The molecule has 104 valence electrons. The molecule has 1 aliphatic rings. The van der Waals surface area contributed by atoms with Crippen molar-refractivity contribution >= 4 is 27.5 Å². The molecule has 1 saturated heterocycles. The van der Waals surface area contributed by atoms with Crippen LogP contribution in [0.25, 0.3) is 0 Å². The Labute approximate surface area is 122 Å². The third kappa shape index (κ3) is 3.48. The molecule has 3 N–H and O–H groups in total. The number of hydrogen-bond acceptors (Lipinski definition) is 3. The van der Waals surface area contributed by atoms with E-state index >= 15 is 0 Å². The Morgan fingerprint density at radius 1 is 1.53 bits per heavy atom. The van der Waals surface area contributed by atoms with Gasteiger partial charge in [-0.3, -0.25) is 5.41 Å². The molecule has 1 heterocycles. The van der Waals surface area contributed by atoms with Crippen LogP contribution in [0.15, 0.2) is 22.7 Å². The van der Waals surface area contributed by atoms with E-state index in [1.54, 1.807) is 0 Å². The van der Waals surface area contributed by atoms with Crippen molar-refractivity contribution in [1.29, 1.82) is 5.41 Å². The fraction of sp³-hybridized carbons (Fsp3) is 0.500. The minimum atomic E-state index is 0.0823. The van der Waals surface area contributed by atoms with Crippen LogP contribution in [0, 0.1) is 5.41 Å². The summed E-state index contributed by atoms with van der Waals surface area (Å²) in [5, 5.41) is 7.72. The highest BCUT2D eigenvalue weighted by atomic mass is 79.9. The molecule has 0 radical (unpaired) electrons. The fourth-order valence-electron chi connectivity index (χ4n) is 2.45. The van der Waals surface area contributed by atoms with E-state index in [2.05, 4.69) is 20.8 Å². The summed E-state index contributed by atoms with van der Waals surface area (Å²) in [5.41, 5.74) is 7.40. The summed E-state index contributed by atoms with van der Waals surface area (Å²) in [4.78, 5) is 2.12. The van der Waals surface area contributed by atoms with Gasteiger partial charge in [-0.2, -0.15) is 0 Å². The first-order valence-corrected chi connectivity index (χ1v) is 7.34. The lowest BCUT2D eigenvalue weighted by Gasteiger charge is -2.30. The van der Waals surface area contributed by atoms with Gasteiger partial charge in [0.05, 0.1) is 11.7 Å². The van der Waals surface area contributed by atoms with Crippen molar-refractivity contribution in [2.24, 2.45) is 5.73 Å². The monoisotopic (exact) mass is 325 g/mol. The van der Waals surface area contributed by atoms with Crippen molar-refractivity contribution in [2.75, 3.05) is 25.1 Å². The third-order valence-electron chi connectivity index (χ3n) is 3.42. The van der Waals surface area contributed by atoms with Gasteiger partial charge in [0.15, 0.2) is 0 Å². The first-order chi connectivity index (χ1) is 9.09. The summed E-state index contributed by atoms with van der Waals surface area (Å²) in [6, 6.07) is 5.86. The van der Waals surface area contributed by atoms with Gasteiger partial charge in [-0.1, -0.05) is 6.07 Å². The van der Waals surface area contributed by atoms with Crippen LogP contribution in [0.1, 0.15) is 24.8 Å². The van der Waals surface area contributed by atoms with E-state index in [0.717, 1.165) is 41.7 Å². The van der Waals surface area contributed by atoms with Crippen molar-refractivity contribution in [2.45, 2.75) is 25.4 Å². The Morgan fingerprint density at radius 3 is 2.95 bits per heavy atom. The molecule has 1 atom stereocenters. The van der Waals surface area contributed by atoms with E-state index in [9.17, 15) is 0 Å². The molecule has 0 spiro atoms. The van der Waals surface area contributed by atoms with E-state index in [1.807, 2.05) is 25.2 Å². The standard InChI is InChI=1S/C14H20BrN3O/c1-18(9-10-5-2-3-8-19-10)12-7-4-6-11(15)13(12)14(16)17/h4,6-7,10H,2-3,5,8-9H2,1H3,(H3,16,17). The predicted octanol–water partition coefficient (Wildman–Crippen LogP) is 2.74. The molecule has 0 saturated carbocycles. The zero-order valence-corrected chi connectivity index (χ0v) is 12.7. The van der Waals surface area contributed by atoms with E-state index < -0.39 is 0 Å². The maximum atomic E-state index is 7.72. The van der Waals surface area contributed by atoms with Gasteiger partial charge < -0.3 is 15.4 Å². The number of hydrogen-bond donors (Lipinski definition) is 2. The van der Waals surface area contributed by atoms with Gasteiger partial charge in [-0.25, -0.2) is 0 Å². The molecule has 1 unspecified atom stereocenters. The molecular weight excluding hydrogens is 306 g/mol. The van der Waals surface area contributed by atoms with E-state index in [0.29, 0.717) is 0 Å². The average Bonchev–Trinajstić information content (AvgIpc) is 2.39. The average molecular weight is 326 g/mol. The second-order valence-electron chi connectivity index (χ2n) is 4.92. The lowest BCUT2D eigenvalue weighted by Crippen LogP contribution is -2.34. The summed E-state index contributed by atoms with van der Waals surface area (Å²) in [7, 11) is 2.02. The molecule has 2 rings (SSSR count). The number of nitrogens with zero attached hydrogens (tertiary/aromatic N) is 1. The van der Waals surface area contributed by atoms with Crippen LogP contribution in [0.4, 0.5) is 5.69 Å². The minimum absolute atomic E-state index is 0.0823. The highest BCUT2D eigenvalue weighted by Crippen LogP contribution is 2.27. The maximum absolute atomic E-state index is 7.72. The number of benzene rings is 1. The quantitative estimate of drug-likeness (QED) is 0.661. The van der Waals surface area contributed by atoms with Crippen LogP contribution in [0.2, 0.25) is 0 Å². The zero-order valence-electron chi connectivity index (χ0n) is 11.2. The van der Waals surface area contributed by atoms with Gasteiger partial charge in [0.2, 0.25) is 0 Å². The Bertz CT molecular complexity index is 458. The normalized spacial score (nSPS) is 19.2. The molecule has 5 heteroatoms. The van der Waals surface area contributed by atoms with Crippen LogP contribution >= 0.6 is 15.9 Å². The molecular formula is C14H20BrN3O.